The topological polar surface area (TPSA) is 91.7 Å². The Balaban J connectivity index is 1.75. The summed E-state index contributed by atoms with van der Waals surface area (Å²) in [5.74, 6) is 0.677. The fourth-order valence-electron chi connectivity index (χ4n) is 2.26. The van der Waals surface area contributed by atoms with E-state index in [0.717, 1.165) is 18.4 Å². The molecule has 1 saturated carbocycles. The highest BCUT2D eigenvalue weighted by Crippen LogP contribution is 2.36. The molecule has 0 bridgehead atoms. The number of halogens is 1. The number of nitrogens with one attached hydrogen (secondary N) is 1. The zero-order chi connectivity index (χ0) is 16.4. The van der Waals surface area contributed by atoms with Crippen molar-refractivity contribution >= 4 is 17.7 Å². The molecule has 1 aliphatic rings. The molecular weight excluding hydrogens is 320 g/mol. The van der Waals surface area contributed by atoms with Gasteiger partial charge in [-0.25, -0.2) is 9.78 Å². The Morgan fingerprint density at radius 3 is 2.65 bits per heavy atom. The van der Waals surface area contributed by atoms with Crippen molar-refractivity contribution in [2.24, 2.45) is 0 Å². The minimum absolute atomic E-state index is 0.167. The summed E-state index contributed by atoms with van der Waals surface area (Å²) in [5.41, 5.74) is 0.986. The number of aromatic nitrogens is 1. The Kier molecular flexibility index (Phi) is 4.00. The minimum Gasteiger partial charge on any atom is -0.508 e. The highest BCUT2D eigenvalue weighted by Gasteiger charge is 2.45. The van der Waals surface area contributed by atoms with Crippen LogP contribution in [0.4, 0.5) is 4.79 Å². The SMILES string of the molecule is O=C(O)NC1(COc2cnc(Cl)c(-c3ccc(O)cc3)c2)CC1. The summed E-state index contributed by atoms with van der Waals surface area (Å²) in [5, 5.41) is 21.0. The summed E-state index contributed by atoms with van der Waals surface area (Å²) in [6.07, 6.45) is 1.96. The summed E-state index contributed by atoms with van der Waals surface area (Å²) in [6.45, 7) is 0.248. The number of pyridine rings is 1. The molecule has 0 radical (unpaired) electrons. The van der Waals surface area contributed by atoms with Gasteiger partial charge in [-0.05, 0) is 36.6 Å². The number of hydrogen-bond acceptors (Lipinski definition) is 4. The van der Waals surface area contributed by atoms with Crippen molar-refractivity contribution in [2.45, 2.75) is 18.4 Å². The van der Waals surface area contributed by atoms with Crippen LogP contribution in [0.3, 0.4) is 0 Å². The first-order valence-electron chi connectivity index (χ1n) is 7.06. The highest BCUT2D eigenvalue weighted by atomic mass is 35.5. The molecule has 1 heterocycles. The van der Waals surface area contributed by atoms with E-state index in [2.05, 4.69) is 10.3 Å². The third kappa shape index (κ3) is 3.65. The molecule has 23 heavy (non-hydrogen) atoms. The van der Waals surface area contributed by atoms with Crippen molar-refractivity contribution in [3.05, 3.63) is 41.7 Å². The normalized spacial score (nSPS) is 15.0. The summed E-state index contributed by atoms with van der Waals surface area (Å²) >= 11 is 6.12. The van der Waals surface area contributed by atoms with Crippen LogP contribution in [0.5, 0.6) is 11.5 Å². The van der Waals surface area contributed by atoms with Crippen molar-refractivity contribution in [3.63, 3.8) is 0 Å². The summed E-state index contributed by atoms with van der Waals surface area (Å²) in [7, 11) is 0. The molecule has 2 aromatic rings. The largest absolute Gasteiger partial charge is 0.508 e. The van der Waals surface area contributed by atoms with E-state index in [1.807, 2.05) is 0 Å². The third-order valence-corrected chi connectivity index (χ3v) is 4.03. The first-order valence-corrected chi connectivity index (χ1v) is 7.44. The number of phenolic OH excluding ortho intramolecular Hbond substituents is 1. The maximum atomic E-state index is 10.8. The number of rotatable bonds is 5. The molecule has 120 valence electrons. The molecular formula is C16H15ClN2O4. The molecule has 1 fully saturated rings. The smallest absolute Gasteiger partial charge is 0.405 e. The van der Waals surface area contributed by atoms with Crippen LogP contribution in [0.2, 0.25) is 5.15 Å². The van der Waals surface area contributed by atoms with E-state index in [0.29, 0.717) is 16.5 Å². The van der Waals surface area contributed by atoms with Crippen LogP contribution in [0.1, 0.15) is 12.8 Å². The van der Waals surface area contributed by atoms with E-state index in [1.54, 1.807) is 30.3 Å². The lowest BCUT2D eigenvalue weighted by atomic mass is 10.1. The monoisotopic (exact) mass is 334 g/mol. The first-order chi connectivity index (χ1) is 11.0. The second kappa shape index (κ2) is 5.96. The maximum Gasteiger partial charge on any atom is 0.405 e. The Hall–Kier alpha value is -2.47. The van der Waals surface area contributed by atoms with Crippen LogP contribution >= 0.6 is 11.6 Å². The molecule has 0 aliphatic heterocycles. The number of phenols is 1. The van der Waals surface area contributed by atoms with Gasteiger partial charge in [-0.15, -0.1) is 0 Å². The van der Waals surface area contributed by atoms with Crippen LogP contribution < -0.4 is 10.1 Å². The van der Waals surface area contributed by atoms with Crippen molar-refractivity contribution in [1.29, 1.82) is 0 Å². The molecule has 0 unspecified atom stereocenters. The van der Waals surface area contributed by atoms with E-state index in [-0.39, 0.29) is 12.4 Å². The van der Waals surface area contributed by atoms with Gasteiger partial charge in [0, 0.05) is 5.56 Å². The standard InChI is InChI=1S/C16H15ClN2O4/c17-14-13(10-1-3-11(20)4-2-10)7-12(8-18-14)23-9-16(5-6-16)19-15(21)22/h1-4,7-8,19-20H,5-6,9H2,(H,21,22). The molecule has 7 heteroatoms. The quantitative estimate of drug-likeness (QED) is 0.730. The average molecular weight is 335 g/mol. The summed E-state index contributed by atoms with van der Waals surface area (Å²) in [4.78, 5) is 14.9. The van der Waals surface area contributed by atoms with Gasteiger partial charge in [0.15, 0.2) is 0 Å². The van der Waals surface area contributed by atoms with Gasteiger partial charge in [0.2, 0.25) is 0 Å². The van der Waals surface area contributed by atoms with E-state index in [4.69, 9.17) is 21.4 Å². The molecule has 3 rings (SSSR count). The summed E-state index contributed by atoms with van der Waals surface area (Å²) < 4.78 is 5.68. The lowest BCUT2D eigenvalue weighted by molar-refractivity contribution is 0.177. The predicted molar refractivity (Wildman–Crippen MR) is 85.0 cm³/mol. The number of hydrogen-bond donors (Lipinski definition) is 3. The molecule has 1 amide bonds. The fourth-order valence-corrected chi connectivity index (χ4v) is 2.47. The van der Waals surface area contributed by atoms with Crippen LogP contribution in [-0.4, -0.2) is 33.4 Å². The maximum absolute atomic E-state index is 10.8. The van der Waals surface area contributed by atoms with E-state index < -0.39 is 11.6 Å². The Morgan fingerprint density at radius 1 is 1.35 bits per heavy atom. The number of carboxylic acid groups (broad SMARTS) is 1. The van der Waals surface area contributed by atoms with Gasteiger partial charge >= 0.3 is 6.09 Å². The van der Waals surface area contributed by atoms with Gasteiger partial charge < -0.3 is 20.3 Å². The molecule has 1 aliphatic carbocycles. The lowest BCUT2D eigenvalue weighted by Gasteiger charge is -2.16. The van der Waals surface area contributed by atoms with Gasteiger partial charge in [0.25, 0.3) is 0 Å². The van der Waals surface area contributed by atoms with Crippen LogP contribution in [0, 0.1) is 0 Å². The Morgan fingerprint density at radius 2 is 2.04 bits per heavy atom. The van der Waals surface area contributed by atoms with Gasteiger partial charge in [-0.1, -0.05) is 23.7 Å². The molecule has 0 spiro atoms. The van der Waals surface area contributed by atoms with Crippen molar-refractivity contribution in [1.82, 2.24) is 10.3 Å². The molecule has 1 aromatic heterocycles. The zero-order valence-corrected chi connectivity index (χ0v) is 12.9. The number of benzene rings is 1. The summed E-state index contributed by atoms with van der Waals surface area (Å²) in [6, 6.07) is 8.34. The average Bonchev–Trinajstić information content (AvgIpc) is 3.26. The van der Waals surface area contributed by atoms with Gasteiger partial charge in [-0.3, -0.25) is 0 Å². The fraction of sp³-hybridized carbons (Fsp3) is 0.250. The zero-order valence-electron chi connectivity index (χ0n) is 12.1. The van der Waals surface area contributed by atoms with Crippen molar-refractivity contribution in [2.75, 3.05) is 6.61 Å². The van der Waals surface area contributed by atoms with Crippen molar-refractivity contribution < 1.29 is 19.7 Å². The minimum atomic E-state index is -1.05. The lowest BCUT2D eigenvalue weighted by Crippen LogP contribution is -2.40. The van der Waals surface area contributed by atoms with Crippen LogP contribution in [-0.2, 0) is 0 Å². The number of ether oxygens (including phenoxy) is 1. The van der Waals surface area contributed by atoms with E-state index in [1.165, 1.54) is 6.20 Å². The van der Waals surface area contributed by atoms with Crippen LogP contribution in [0.15, 0.2) is 36.5 Å². The molecule has 0 atom stereocenters. The number of carbonyl (C=O) groups is 1. The molecule has 3 N–H and O–H groups in total. The highest BCUT2D eigenvalue weighted by molar-refractivity contribution is 6.32. The van der Waals surface area contributed by atoms with Crippen LogP contribution in [0.25, 0.3) is 11.1 Å². The Labute approximate surface area is 137 Å². The van der Waals surface area contributed by atoms with Gasteiger partial charge in [-0.2, -0.15) is 0 Å². The second-order valence-electron chi connectivity index (χ2n) is 5.56. The predicted octanol–water partition coefficient (Wildman–Crippen LogP) is 3.29. The van der Waals surface area contributed by atoms with Crippen molar-refractivity contribution in [3.8, 4) is 22.6 Å². The molecule has 6 nitrogen and oxygen atoms in total. The third-order valence-electron chi connectivity index (χ3n) is 3.73. The number of aromatic hydroxyl groups is 1. The molecule has 1 aromatic carbocycles. The Bertz CT molecular complexity index is 729. The van der Waals surface area contributed by atoms with Gasteiger partial charge in [0.1, 0.15) is 23.3 Å². The number of amides is 1. The van der Waals surface area contributed by atoms with E-state index >= 15 is 0 Å². The first kappa shape index (κ1) is 15.4. The molecule has 0 saturated heterocycles. The number of nitrogens with zero attached hydrogens (tertiary/aromatic N) is 1. The van der Waals surface area contributed by atoms with Gasteiger partial charge in [0.05, 0.1) is 11.7 Å². The van der Waals surface area contributed by atoms with E-state index in [9.17, 15) is 9.90 Å². The second-order valence-corrected chi connectivity index (χ2v) is 5.91.